The number of carbonyl (C=O) groups excluding carboxylic acids is 1. The van der Waals surface area contributed by atoms with Gasteiger partial charge >= 0.3 is 0 Å². The van der Waals surface area contributed by atoms with Crippen LogP contribution in [-0.4, -0.2) is 17.1 Å². The van der Waals surface area contributed by atoms with Gasteiger partial charge in [0.25, 0.3) is 0 Å². The van der Waals surface area contributed by atoms with Gasteiger partial charge in [0.1, 0.15) is 5.58 Å². The first-order valence-electron chi connectivity index (χ1n) is 8.50. The van der Waals surface area contributed by atoms with E-state index in [0.29, 0.717) is 11.2 Å². The van der Waals surface area contributed by atoms with E-state index in [-0.39, 0.29) is 12.3 Å². The topological polar surface area (TPSA) is 66.3 Å². The second-order valence-electron chi connectivity index (χ2n) is 6.25. The Morgan fingerprint density at radius 2 is 2.08 bits per heavy atom. The van der Waals surface area contributed by atoms with Crippen LogP contribution in [0.5, 0.6) is 0 Å². The fourth-order valence-electron chi connectivity index (χ4n) is 3.12. The molecule has 0 atom stereocenters. The number of hydrazine groups is 1. The summed E-state index contributed by atoms with van der Waals surface area (Å²) in [6, 6.07) is 6.53. The Morgan fingerprint density at radius 1 is 1.29 bits per heavy atom. The van der Waals surface area contributed by atoms with Crippen LogP contribution in [0.25, 0.3) is 11.0 Å². The summed E-state index contributed by atoms with van der Waals surface area (Å²) < 4.78 is 5.57. The predicted octanol–water partition coefficient (Wildman–Crippen LogP) is 2.98. The summed E-state index contributed by atoms with van der Waals surface area (Å²) in [7, 11) is 0. The van der Waals surface area contributed by atoms with Gasteiger partial charge in [-0.15, -0.1) is 0 Å². The van der Waals surface area contributed by atoms with Crippen LogP contribution < -0.4 is 16.2 Å². The van der Waals surface area contributed by atoms with Crippen molar-refractivity contribution in [1.82, 2.24) is 16.2 Å². The number of nitrogens with one attached hydrogen (secondary N) is 3. The number of aryl methyl sites for hydroxylation is 1. The minimum absolute atomic E-state index is 0.146. The van der Waals surface area contributed by atoms with Crippen molar-refractivity contribution in [3.8, 4) is 0 Å². The first-order valence-corrected chi connectivity index (χ1v) is 8.91. The molecule has 0 aliphatic heterocycles. The SMILES string of the molecule is CCc1ccc2c(CC(=O)NNC(=S)NC3CCCC3)coc2c1. The molecule has 3 rings (SSSR count). The van der Waals surface area contributed by atoms with E-state index < -0.39 is 0 Å². The van der Waals surface area contributed by atoms with Crippen molar-refractivity contribution < 1.29 is 9.21 Å². The highest BCUT2D eigenvalue weighted by Gasteiger charge is 2.16. The van der Waals surface area contributed by atoms with Crippen molar-refractivity contribution in [3.05, 3.63) is 35.6 Å². The highest BCUT2D eigenvalue weighted by atomic mass is 32.1. The third-order valence-corrected chi connectivity index (χ3v) is 4.71. The number of amides is 1. The second kappa shape index (κ2) is 7.66. The summed E-state index contributed by atoms with van der Waals surface area (Å²) in [4.78, 5) is 12.1. The van der Waals surface area contributed by atoms with Crippen molar-refractivity contribution in [2.24, 2.45) is 0 Å². The molecule has 3 N–H and O–H groups in total. The van der Waals surface area contributed by atoms with Crippen molar-refractivity contribution in [2.75, 3.05) is 0 Å². The number of benzene rings is 1. The summed E-state index contributed by atoms with van der Waals surface area (Å²) in [5, 5.41) is 4.68. The molecule has 0 saturated heterocycles. The molecular weight excluding hydrogens is 322 g/mol. The lowest BCUT2D eigenvalue weighted by Crippen LogP contribution is -2.49. The van der Waals surface area contributed by atoms with Crippen LogP contribution in [0.4, 0.5) is 0 Å². The van der Waals surface area contributed by atoms with Crippen molar-refractivity contribution in [1.29, 1.82) is 0 Å². The molecule has 2 aromatic rings. The quantitative estimate of drug-likeness (QED) is 0.587. The molecule has 0 radical (unpaired) electrons. The molecule has 1 saturated carbocycles. The molecule has 1 aromatic carbocycles. The Balaban J connectivity index is 1.52. The van der Waals surface area contributed by atoms with Gasteiger partial charge in [0.2, 0.25) is 5.91 Å². The van der Waals surface area contributed by atoms with Crippen LogP contribution in [0.2, 0.25) is 0 Å². The van der Waals surface area contributed by atoms with Gasteiger partial charge in [0, 0.05) is 17.0 Å². The number of rotatable bonds is 4. The van der Waals surface area contributed by atoms with E-state index in [1.807, 2.05) is 12.1 Å². The van der Waals surface area contributed by atoms with Gasteiger partial charge in [0.05, 0.1) is 12.7 Å². The molecule has 1 aliphatic rings. The maximum Gasteiger partial charge on any atom is 0.242 e. The second-order valence-corrected chi connectivity index (χ2v) is 6.66. The minimum Gasteiger partial charge on any atom is -0.464 e. The van der Waals surface area contributed by atoms with Gasteiger partial charge in [-0.25, -0.2) is 0 Å². The standard InChI is InChI=1S/C18H23N3O2S/c1-2-12-7-8-15-13(11-23-16(15)9-12)10-17(22)20-21-18(24)19-14-5-3-4-6-14/h7-9,11,14H,2-6,10H2,1H3,(H,20,22)(H2,19,21,24). The zero-order valence-electron chi connectivity index (χ0n) is 13.9. The highest BCUT2D eigenvalue weighted by molar-refractivity contribution is 7.80. The molecule has 0 bridgehead atoms. The fourth-order valence-corrected chi connectivity index (χ4v) is 3.34. The lowest BCUT2D eigenvalue weighted by Gasteiger charge is -2.16. The van der Waals surface area contributed by atoms with E-state index in [1.54, 1.807) is 6.26 Å². The van der Waals surface area contributed by atoms with E-state index in [1.165, 1.54) is 18.4 Å². The molecule has 5 nitrogen and oxygen atoms in total. The monoisotopic (exact) mass is 345 g/mol. The van der Waals surface area contributed by atoms with E-state index in [9.17, 15) is 4.79 Å². The Kier molecular flexibility index (Phi) is 5.35. The Morgan fingerprint density at radius 3 is 2.83 bits per heavy atom. The summed E-state index contributed by atoms with van der Waals surface area (Å²) in [5.41, 5.74) is 8.35. The van der Waals surface area contributed by atoms with Crippen molar-refractivity contribution in [2.45, 2.75) is 51.5 Å². The molecule has 128 valence electrons. The van der Waals surface area contributed by atoms with Crippen LogP contribution in [0.3, 0.4) is 0 Å². The van der Waals surface area contributed by atoms with Crippen LogP contribution in [-0.2, 0) is 17.6 Å². The third kappa shape index (κ3) is 4.06. The van der Waals surface area contributed by atoms with Gasteiger partial charge < -0.3 is 9.73 Å². The summed E-state index contributed by atoms with van der Waals surface area (Å²) in [6.45, 7) is 2.10. The number of hydrogen-bond acceptors (Lipinski definition) is 3. The van der Waals surface area contributed by atoms with Gasteiger partial charge in [-0.1, -0.05) is 31.9 Å². The van der Waals surface area contributed by atoms with E-state index >= 15 is 0 Å². The first-order chi connectivity index (χ1) is 11.7. The van der Waals surface area contributed by atoms with Crippen LogP contribution in [0.15, 0.2) is 28.9 Å². The fraction of sp³-hybridized carbons (Fsp3) is 0.444. The van der Waals surface area contributed by atoms with E-state index in [2.05, 4.69) is 29.2 Å². The largest absolute Gasteiger partial charge is 0.464 e. The van der Waals surface area contributed by atoms with Crippen LogP contribution in [0.1, 0.15) is 43.7 Å². The molecule has 1 amide bonds. The average molecular weight is 345 g/mol. The first kappa shape index (κ1) is 16.8. The predicted molar refractivity (Wildman–Crippen MR) is 98.6 cm³/mol. The number of furan rings is 1. The summed E-state index contributed by atoms with van der Waals surface area (Å²) in [5.74, 6) is -0.146. The Hall–Kier alpha value is -2.08. The van der Waals surface area contributed by atoms with Gasteiger partial charge in [0.15, 0.2) is 5.11 Å². The Bertz CT molecular complexity index is 735. The van der Waals surface area contributed by atoms with Crippen molar-refractivity contribution >= 4 is 34.2 Å². The molecule has 0 spiro atoms. The summed E-state index contributed by atoms with van der Waals surface area (Å²) in [6.07, 6.45) is 7.60. The molecule has 24 heavy (non-hydrogen) atoms. The zero-order chi connectivity index (χ0) is 16.9. The Labute approximate surface area is 147 Å². The molecule has 0 unspecified atom stereocenters. The van der Waals surface area contributed by atoms with Crippen LogP contribution in [0, 0.1) is 0 Å². The van der Waals surface area contributed by atoms with Gasteiger partial charge in [-0.2, -0.15) is 0 Å². The molecule has 1 aromatic heterocycles. The lowest BCUT2D eigenvalue weighted by atomic mass is 10.1. The van der Waals surface area contributed by atoms with Gasteiger partial charge in [-0.3, -0.25) is 15.6 Å². The smallest absolute Gasteiger partial charge is 0.242 e. The lowest BCUT2D eigenvalue weighted by molar-refractivity contribution is -0.121. The molecular formula is C18H23N3O2S. The normalized spacial score (nSPS) is 14.7. The molecule has 1 aliphatic carbocycles. The number of hydrogen-bond donors (Lipinski definition) is 3. The molecule has 1 heterocycles. The number of carbonyl (C=O) groups is 1. The maximum atomic E-state index is 12.1. The molecule has 6 heteroatoms. The highest BCUT2D eigenvalue weighted by Crippen LogP contribution is 2.23. The van der Waals surface area contributed by atoms with Gasteiger partial charge in [-0.05, 0) is 43.1 Å². The maximum absolute atomic E-state index is 12.1. The van der Waals surface area contributed by atoms with Crippen LogP contribution >= 0.6 is 12.2 Å². The zero-order valence-corrected chi connectivity index (χ0v) is 14.7. The number of thiocarbonyl (C=S) groups is 1. The summed E-state index contributed by atoms with van der Waals surface area (Å²) >= 11 is 5.21. The van der Waals surface area contributed by atoms with Crippen molar-refractivity contribution in [3.63, 3.8) is 0 Å². The molecule has 1 fully saturated rings. The third-order valence-electron chi connectivity index (χ3n) is 4.49. The van der Waals surface area contributed by atoms with E-state index in [0.717, 1.165) is 35.8 Å². The van der Waals surface area contributed by atoms with E-state index in [4.69, 9.17) is 16.6 Å². The number of fused-ring (bicyclic) bond motifs is 1. The average Bonchev–Trinajstić information content (AvgIpc) is 3.22. The minimum atomic E-state index is -0.146.